The minimum Gasteiger partial charge on any atom is -0.378 e. The maximum atomic E-state index is 12.2. The first kappa shape index (κ1) is 15.7. The van der Waals surface area contributed by atoms with Gasteiger partial charge in [-0.3, -0.25) is 9.79 Å². The van der Waals surface area contributed by atoms with E-state index in [4.69, 9.17) is 4.74 Å². The van der Waals surface area contributed by atoms with E-state index in [1.54, 1.807) is 11.8 Å². The summed E-state index contributed by atoms with van der Waals surface area (Å²) in [5.74, 6) is 1.45. The Morgan fingerprint density at radius 1 is 1.36 bits per heavy atom. The average Bonchev–Trinajstić information content (AvgIpc) is 3.08. The van der Waals surface area contributed by atoms with E-state index < -0.39 is 0 Å². The summed E-state index contributed by atoms with van der Waals surface area (Å²) in [6, 6.07) is 7.95. The summed E-state index contributed by atoms with van der Waals surface area (Å²) in [5, 5.41) is 3.03. The predicted octanol–water partition coefficient (Wildman–Crippen LogP) is 2.30. The van der Waals surface area contributed by atoms with Crippen molar-refractivity contribution in [3.05, 3.63) is 24.3 Å². The molecule has 118 valence electrons. The van der Waals surface area contributed by atoms with Gasteiger partial charge in [0.05, 0.1) is 36.9 Å². The third-order valence-corrected chi connectivity index (χ3v) is 5.67. The number of nitrogens with one attached hydrogen (secondary N) is 1. The first-order chi connectivity index (χ1) is 10.8. The fourth-order valence-corrected chi connectivity index (χ4v) is 4.18. The van der Waals surface area contributed by atoms with Crippen LogP contribution in [0.5, 0.6) is 0 Å². The van der Waals surface area contributed by atoms with Crippen LogP contribution >= 0.6 is 23.5 Å². The molecular weight excluding hydrogens is 318 g/mol. The molecule has 3 rings (SSSR count). The fourth-order valence-electron chi connectivity index (χ4n) is 2.38. The molecule has 1 aromatic rings. The number of hydrogen-bond donors (Lipinski definition) is 1. The van der Waals surface area contributed by atoms with Gasteiger partial charge < -0.3 is 15.0 Å². The van der Waals surface area contributed by atoms with Crippen molar-refractivity contribution in [1.29, 1.82) is 0 Å². The first-order valence-corrected chi connectivity index (χ1v) is 9.32. The van der Waals surface area contributed by atoms with Crippen LogP contribution < -0.4 is 10.2 Å². The van der Waals surface area contributed by atoms with Crippen LogP contribution in [0.25, 0.3) is 0 Å². The smallest absolute Gasteiger partial charge is 0.234 e. The number of benzene rings is 1. The van der Waals surface area contributed by atoms with Gasteiger partial charge in [-0.25, -0.2) is 0 Å². The van der Waals surface area contributed by atoms with E-state index in [1.165, 1.54) is 11.8 Å². The zero-order chi connectivity index (χ0) is 15.2. The van der Waals surface area contributed by atoms with Crippen molar-refractivity contribution in [2.45, 2.75) is 0 Å². The molecule has 1 aromatic carbocycles. The van der Waals surface area contributed by atoms with Crippen molar-refractivity contribution >= 4 is 45.2 Å². The molecule has 2 aliphatic heterocycles. The van der Waals surface area contributed by atoms with Crippen LogP contribution in [0.15, 0.2) is 29.3 Å². The molecule has 22 heavy (non-hydrogen) atoms. The summed E-state index contributed by atoms with van der Waals surface area (Å²) >= 11 is 3.25. The third kappa shape index (κ3) is 4.18. The van der Waals surface area contributed by atoms with Crippen molar-refractivity contribution in [1.82, 2.24) is 0 Å². The molecule has 0 saturated carbocycles. The van der Waals surface area contributed by atoms with E-state index in [0.717, 1.165) is 54.4 Å². The van der Waals surface area contributed by atoms with Gasteiger partial charge in [-0.05, 0) is 12.1 Å². The monoisotopic (exact) mass is 337 g/mol. The van der Waals surface area contributed by atoms with Crippen LogP contribution in [0.2, 0.25) is 0 Å². The second-order valence-electron chi connectivity index (χ2n) is 4.95. The SMILES string of the molecule is O=C(CSC1=NCCS1)Nc1ccccc1N1CCOCC1. The number of thioether (sulfide) groups is 2. The second-order valence-corrected chi connectivity index (χ2v) is 7.26. The van der Waals surface area contributed by atoms with Gasteiger partial charge in [0.2, 0.25) is 5.91 Å². The molecule has 0 bridgehead atoms. The molecule has 2 heterocycles. The maximum Gasteiger partial charge on any atom is 0.234 e. The van der Waals surface area contributed by atoms with Gasteiger partial charge in [-0.1, -0.05) is 35.7 Å². The van der Waals surface area contributed by atoms with Crippen molar-refractivity contribution < 1.29 is 9.53 Å². The highest BCUT2D eigenvalue weighted by molar-refractivity contribution is 8.39. The summed E-state index contributed by atoms with van der Waals surface area (Å²) < 4.78 is 6.41. The second kappa shape index (κ2) is 7.89. The molecule has 0 atom stereocenters. The van der Waals surface area contributed by atoms with Crippen molar-refractivity contribution in [3.8, 4) is 0 Å². The Morgan fingerprint density at radius 3 is 2.95 bits per heavy atom. The molecule has 2 aliphatic rings. The molecule has 0 radical (unpaired) electrons. The minimum atomic E-state index is 0.0147. The van der Waals surface area contributed by atoms with Gasteiger partial charge in [0.25, 0.3) is 0 Å². The van der Waals surface area contributed by atoms with Gasteiger partial charge in [0.1, 0.15) is 4.38 Å². The van der Waals surface area contributed by atoms with Gasteiger partial charge in [0, 0.05) is 18.8 Å². The normalized spacial score (nSPS) is 18.2. The summed E-state index contributed by atoms with van der Waals surface area (Å²) in [7, 11) is 0. The third-order valence-electron chi connectivity index (χ3n) is 3.41. The Hall–Kier alpha value is -1.18. The van der Waals surface area contributed by atoms with Crippen molar-refractivity contribution in [2.24, 2.45) is 4.99 Å². The zero-order valence-corrected chi connectivity index (χ0v) is 13.9. The van der Waals surface area contributed by atoms with Gasteiger partial charge in [0.15, 0.2) is 0 Å². The minimum absolute atomic E-state index is 0.0147. The molecule has 0 aliphatic carbocycles. The Balaban J connectivity index is 1.60. The number of amides is 1. The van der Waals surface area contributed by atoms with Crippen molar-refractivity contribution in [2.75, 3.05) is 54.6 Å². The van der Waals surface area contributed by atoms with E-state index >= 15 is 0 Å². The van der Waals surface area contributed by atoms with Crippen LogP contribution in [0, 0.1) is 0 Å². The Morgan fingerprint density at radius 2 is 2.18 bits per heavy atom. The summed E-state index contributed by atoms with van der Waals surface area (Å²) in [4.78, 5) is 18.8. The van der Waals surface area contributed by atoms with E-state index in [2.05, 4.69) is 15.2 Å². The van der Waals surface area contributed by atoms with Crippen LogP contribution in [0.1, 0.15) is 0 Å². The Bertz CT molecular complexity index is 559. The number of para-hydroxylation sites is 2. The van der Waals surface area contributed by atoms with Gasteiger partial charge in [-0.2, -0.15) is 0 Å². The van der Waals surface area contributed by atoms with E-state index in [0.29, 0.717) is 5.75 Å². The highest BCUT2D eigenvalue weighted by Crippen LogP contribution is 2.27. The zero-order valence-electron chi connectivity index (χ0n) is 12.3. The molecule has 1 saturated heterocycles. The Kier molecular flexibility index (Phi) is 5.64. The lowest BCUT2D eigenvalue weighted by atomic mass is 10.2. The number of rotatable bonds is 4. The Labute approximate surface area is 138 Å². The molecule has 0 aromatic heterocycles. The fraction of sp³-hybridized carbons (Fsp3) is 0.467. The van der Waals surface area contributed by atoms with Gasteiger partial charge >= 0.3 is 0 Å². The number of anilines is 2. The quantitative estimate of drug-likeness (QED) is 0.914. The number of carbonyl (C=O) groups excluding carboxylic acids is 1. The lowest BCUT2D eigenvalue weighted by Crippen LogP contribution is -2.36. The highest BCUT2D eigenvalue weighted by Gasteiger charge is 2.16. The molecule has 1 amide bonds. The molecule has 0 spiro atoms. The van der Waals surface area contributed by atoms with E-state index in [1.807, 2.05) is 24.3 Å². The first-order valence-electron chi connectivity index (χ1n) is 7.34. The lowest BCUT2D eigenvalue weighted by molar-refractivity contribution is -0.113. The van der Waals surface area contributed by atoms with Crippen molar-refractivity contribution in [3.63, 3.8) is 0 Å². The van der Waals surface area contributed by atoms with E-state index in [9.17, 15) is 4.79 Å². The summed E-state index contributed by atoms with van der Waals surface area (Å²) in [6.45, 7) is 4.04. The molecule has 5 nitrogen and oxygen atoms in total. The molecule has 0 unspecified atom stereocenters. The number of nitrogens with zero attached hydrogens (tertiary/aromatic N) is 2. The molecule has 7 heteroatoms. The average molecular weight is 337 g/mol. The van der Waals surface area contributed by atoms with Crippen LogP contribution in [-0.4, -0.2) is 54.6 Å². The number of ether oxygens (including phenoxy) is 1. The topological polar surface area (TPSA) is 53.9 Å². The lowest BCUT2D eigenvalue weighted by Gasteiger charge is -2.30. The van der Waals surface area contributed by atoms with Gasteiger partial charge in [-0.15, -0.1) is 0 Å². The molecule has 1 fully saturated rings. The number of carbonyl (C=O) groups is 1. The molecule has 1 N–H and O–H groups in total. The maximum absolute atomic E-state index is 12.2. The number of morpholine rings is 1. The highest BCUT2D eigenvalue weighted by atomic mass is 32.2. The summed E-state index contributed by atoms with van der Waals surface area (Å²) in [6.07, 6.45) is 0. The van der Waals surface area contributed by atoms with Crippen LogP contribution in [-0.2, 0) is 9.53 Å². The van der Waals surface area contributed by atoms with Crippen LogP contribution in [0.3, 0.4) is 0 Å². The standard InChI is InChI=1S/C15H19N3O2S2/c19-14(11-22-15-16-5-10-21-15)17-12-3-1-2-4-13(12)18-6-8-20-9-7-18/h1-4H,5-11H2,(H,17,19). The largest absolute Gasteiger partial charge is 0.378 e. The summed E-state index contributed by atoms with van der Waals surface area (Å²) in [5.41, 5.74) is 1.94. The number of aliphatic imine (C=N–C) groups is 1. The van der Waals surface area contributed by atoms with E-state index in [-0.39, 0.29) is 5.91 Å². The predicted molar refractivity (Wildman–Crippen MR) is 95.3 cm³/mol. The van der Waals surface area contributed by atoms with Crippen LogP contribution in [0.4, 0.5) is 11.4 Å². The number of hydrogen-bond acceptors (Lipinski definition) is 6. The molecular formula is C15H19N3O2S2.